The standard InChI is InChI=1S/C17H15N3O4S/c1-10(2)19-14-7-6-12(9-15(14)25-17(19)22)18-16(21)11-4-3-5-13(8-11)20(23)24/h3-10H,1-2H3,(H,18,21). The third kappa shape index (κ3) is 3.29. The fourth-order valence-electron chi connectivity index (χ4n) is 2.57. The van der Waals surface area contributed by atoms with Crippen LogP contribution in [0.2, 0.25) is 0 Å². The minimum Gasteiger partial charge on any atom is -0.322 e. The molecule has 0 radical (unpaired) electrons. The molecule has 0 unspecified atom stereocenters. The topological polar surface area (TPSA) is 94.2 Å². The molecule has 8 heteroatoms. The van der Waals surface area contributed by atoms with Crippen LogP contribution in [-0.2, 0) is 0 Å². The summed E-state index contributed by atoms with van der Waals surface area (Å²) in [4.78, 5) is 34.6. The van der Waals surface area contributed by atoms with Gasteiger partial charge in [-0.2, -0.15) is 0 Å². The number of anilines is 1. The minimum absolute atomic E-state index is 0.0477. The quantitative estimate of drug-likeness (QED) is 0.567. The van der Waals surface area contributed by atoms with Crippen LogP contribution >= 0.6 is 11.3 Å². The Hall–Kier alpha value is -3.00. The lowest BCUT2D eigenvalue weighted by atomic mass is 10.2. The Bertz CT molecular complexity index is 1040. The molecule has 3 aromatic rings. The average Bonchev–Trinajstić information content (AvgIpc) is 2.90. The number of nitrogens with one attached hydrogen (secondary N) is 1. The van der Waals surface area contributed by atoms with Gasteiger partial charge in [-0.3, -0.25) is 24.3 Å². The van der Waals surface area contributed by atoms with Crippen molar-refractivity contribution in [1.82, 2.24) is 4.57 Å². The highest BCUT2D eigenvalue weighted by Gasteiger charge is 2.14. The van der Waals surface area contributed by atoms with E-state index >= 15 is 0 Å². The Morgan fingerprint density at radius 1 is 1.24 bits per heavy atom. The Kier molecular flexibility index (Phi) is 4.37. The first-order valence-corrected chi connectivity index (χ1v) is 8.39. The maximum absolute atomic E-state index is 12.3. The van der Waals surface area contributed by atoms with Gasteiger partial charge in [0, 0.05) is 29.4 Å². The van der Waals surface area contributed by atoms with E-state index in [1.807, 2.05) is 13.8 Å². The maximum atomic E-state index is 12.3. The molecule has 0 aliphatic heterocycles. The molecule has 1 heterocycles. The number of aromatic nitrogens is 1. The van der Waals surface area contributed by atoms with Crippen molar-refractivity contribution >= 4 is 38.8 Å². The Balaban J connectivity index is 1.90. The molecule has 0 aliphatic rings. The van der Waals surface area contributed by atoms with Gasteiger partial charge in [-0.15, -0.1) is 0 Å². The summed E-state index contributed by atoms with van der Waals surface area (Å²) in [6.45, 7) is 3.87. The summed E-state index contributed by atoms with van der Waals surface area (Å²) in [7, 11) is 0. The predicted octanol–water partition coefficient (Wildman–Crippen LogP) is 3.80. The molecule has 1 N–H and O–H groups in total. The number of rotatable bonds is 4. The average molecular weight is 357 g/mol. The molecule has 128 valence electrons. The van der Waals surface area contributed by atoms with Crippen LogP contribution < -0.4 is 10.2 Å². The molecule has 0 fully saturated rings. The third-order valence-electron chi connectivity index (χ3n) is 3.71. The van der Waals surface area contributed by atoms with Gasteiger partial charge in [-0.25, -0.2) is 0 Å². The molecular weight excluding hydrogens is 342 g/mol. The van der Waals surface area contributed by atoms with E-state index in [0.717, 1.165) is 21.6 Å². The second kappa shape index (κ2) is 6.48. The van der Waals surface area contributed by atoms with Gasteiger partial charge in [0.1, 0.15) is 0 Å². The first kappa shape index (κ1) is 16.8. The molecule has 0 atom stereocenters. The minimum atomic E-state index is -0.547. The fourth-order valence-corrected chi connectivity index (χ4v) is 3.62. The number of nitrogens with zero attached hydrogens (tertiary/aromatic N) is 2. The number of carbonyl (C=O) groups is 1. The van der Waals surface area contributed by atoms with Gasteiger partial charge in [0.25, 0.3) is 11.6 Å². The first-order valence-electron chi connectivity index (χ1n) is 7.57. The van der Waals surface area contributed by atoms with Crippen molar-refractivity contribution in [2.24, 2.45) is 0 Å². The van der Waals surface area contributed by atoms with Gasteiger partial charge in [0.05, 0.1) is 15.1 Å². The molecule has 1 amide bonds. The third-order valence-corrected chi connectivity index (χ3v) is 4.62. The summed E-state index contributed by atoms with van der Waals surface area (Å²) >= 11 is 1.12. The lowest BCUT2D eigenvalue weighted by Crippen LogP contribution is -2.14. The zero-order valence-corrected chi connectivity index (χ0v) is 14.4. The fraction of sp³-hybridized carbons (Fsp3) is 0.176. The van der Waals surface area contributed by atoms with Crippen molar-refractivity contribution in [3.8, 4) is 0 Å². The summed E-state index contributed by atoms with van der Waals surface area (Å²) in [5.41, 5.74) is 1.40. The highest BCUT2D eigenvalue weighted by atomic mass is 32.1. The maximum Gasteiger partial charge on any atom is 0.308 e. The van der Waals surface area contributed by atoms with E-state index < -0.39 is 10.8 Å². The summed E-state index contributed by atoms with van der Waals surface area (Å²) in [5.74, 6) is -0.446. The van der Waals surface area contributed by atoms with Crippen molar-refractivity contribution in [2.75, 3.05) is 5.32 Å². The largest absolute Gasteiger partial charge is 0.322 e. The SMILES string of the molecule is CC(C)n1c(=O)sc2cc(NC(=O)c3cccc([N+](=O)[O-])c3)ccc21. The number of hydrogen-bond acceptors (Lipinski definition) is 5. The number of nitro groups is 1. The van der Waals surface area contributed by atoms with Gasteiger partial charge in [-0.1, -0.05) is 17.4 Å². The summed E-state index contributed by atoms with van der Waals surface area (Å²) < 4.78 is 2.47. The van der Waals surface area contributed by atoms with Crippen LogP contribution in [0.1, 0.15) is 30.2 Å². The van der Waals surface area contributed by atoms with Gasteiger partial charge in [-0.05, 0) is 38.1 Å². The van der Waals surface area contributed by atoms with E-state index in [9.17, 15) is 19.7 Å². The van der Waals surface area contributed by atoms with E-state index in [-0.39, 0.29) is 22.2 Å². The monoisotopic (exact) mass is 357 g/mol. The number of thiazole rings is 1. The summed E-state index contributed by atoms with van der Waals surface area (Å²) in [5, 5.41) is 13.5. The Labute approximate surface area is 146 Å². The number of hydrogen-bond donors (Lipinski definition) is 1. The first-order chi connectivity index (χ1) is 11.9. The lowest BCUT2D eigenvalue weighted by Gasteiger charge is -2.08. The van der Waals surface area contributed by atoms with Gasteiger partial charge in [0.15, 0.2) is 0 Å². The van der Waals surface area contributed by atoms with Crippen LogP contribution in [0, 0.1) is 10.1 Å². The van der Waals surface area contributed by atoms with Crippen molar-refractivity contribution < 1.29 is 9.72 Å². The number of nitro benzene ring substituents is 1. The smallest absolute Gasteiger partial charge is 0.308 e. The summed E-state index contributed by atoms with van der Waals surface area (Å²) in [6.07, 6.45) is 0. The second-order valence-corrected chi connectivity index (χ2v) is 6.77. The molecular formula is C17H15N3O4S. The van der Waals surface area contributed by atoms with Gasteiger partial charge < -0.3 is 5.32 Å². The van der Waals surface area contributed by atoms with E-state index in [4.69, 9.17) is 0 Å². The highest BCUT2D eigenvalue weighted by Crippen LogP contribution is 2.24. The zero-order valence-electron chi connectivity index (χ0n) is 13.6. The molecule has 0 bridgehead atoms. The molecule has 0 saturated carbocycles. The number of amides is 1. The van der Waals surface area contributed by atoms with Crippen LogP contribution in [0.5, 0.6) is 0 Å². The molecule has 0 spiro atoms. The number of fused-ring (bicyclic) bond motifs is 1. The Morgan fingerprint density at radius 3 is 2.68 bits per heavy atom. The number of benzene rings is 2. The highest BCUT2D eigenvalue weighted by molar-refractivity contribution is 7.16. The van der Waals surface area contributed by atoms with E-state index in [1.54, 1.807) is 22.8 Å². The second-order valence-electron chi connectivity index (χ2n) is 5.78. The van der Waals surface area contributed by atoms with Crippen LogP contribution in [0.15, 0.2) is 47.3 Å². The molecule has 7 nitrogen and oxygen atoms in total. The molecule has 0 saturated heterocycles. The van der Waals surface area contributed by atoms with Crippen molar-refractivity contribution in [3.63, 3.8) is 0 Å². The van der Waals surface area contributed by atoms with Crippen LogP contribution in [0.4, 0.5) is 11.4 Å². The van der Waals surface area contributed by atoms with Crippen LogP contribution in [0.25, 0.3) is 10.2 Å². The van der Waals surface area contributed by atoms with Gasteiger partial charge >= 0.3 is 4.87 Å². The van der Waals surface area contributed by atoms with Crippen LogP contribution in [-0.4, -0.2) is 15.4 Å². The number of non-ortho nitro benzene ring substituents is 1. The van der Waals surface area contributed by atoms with Crippen molar-refractivity contribution in [1.29, 1.82) is 0 Å². The van der Waals surface area contributed by atoms with Crippen LogP contribution in [0.3, 0.4) is 0 Å². The zero-order chi connectivity index (χ0) is 18.1. The summed E-state index contributed by atoms with van der Waals surface area (Å²) in [6, 6.07) is 10.8. The Morgan fingerprint density at radius 2 is 2.00 bits per heavy atom. The lowest BCUT2D eigenvalue weighted by molar-refractivity contribution is -0.384. The molecule has 3 rings (SSSR count). The van der Waals surface area contributed by atoms with E-state index in [2.05, 4.69) is 5.32 Å². The van der Waals surface area contributed by atoms with Crippen molar-refractivity contribution in [3.05, 3.63) is 67.8 Å². The molecule has 1 aromatic heterocycles. The normalized spacial score (nSPS) is 11.0. The molecule has 25 heavy (non-hydrogen) atoms. The molecule has 2 aromatic carbocycles. The van der Waals surface area contributed by atoms with E-state index in [1.165, 1.54) is 24.3 Å². The predicted molar refractivity (Wildman–Crippen MR) is 97.5 cm³/mol. The van der Waals surface area contributed by atoms with Crippen molar-refractivity contribution in [2.45, 2.75) is 19.9 Å². The number of carbonyl (C=O) groups excluding carboxylic acids is 1. The molecule has 0 aliphatic carbocycles. The van der Waals surface area contributed by atoms with Gasteiger partial charge in [0.2, 0.25) is 0 Å². The van der Waals surface area contributed by atoms with E-state index in [0.29, 0.717) is 5.69 Å².